The van der Waals surface area contributed by atoms with Crippen LogP contribution in [0.25, 0.3) is 0 Å². The normalized spacial score (nSPS) is 17.6. The fourth-order valence-corrected chi connectivity index (χ4v) is 1.17. The number of rotatable bonds is 4. The lowest BCUT2D eigenvalue weighted by Gasteiger charge is -2.13. The van der Waals surface area contributed by atoms with Crippen LogP contribution in [0.4, 0.5) is 4.79 Å². The number of hydrogen-bond donors (Lipinski definition) is 4. The Balaban J connectivity index is 2.41. The van der Waals surface area contributed by atoms with Gasteiger partial charge < -0.3 is 10.4 Å². The Morgan fingerprint density at radius 1 is 1.54 bits per heavy atom. The van der Waals surface area contributed by atoms with Crippen LogP contribution in [0.15, 0.2) is 0 Å². The van der Waals surface area contributed by atoms with Crippen LogP contribution >= 0.6 is 0 Å². The molecule has 0 spiro atoms. The Morgan fingerprint density at radius 2 is 2.15 bits per heavy atom. The van der Waals surface area contributed by atoms with Crippen molar-refractivity contribution in [1.82, 2.24) is 10.7 Å². The third-order valence-corrected chi connectivity index (χ3v) is 2.02. The van der Waals surface area contributed by atoms with Gasteiger partial charge in [0.05, 0.1) is 0 Å². The van der Waals surface area contributed by atoms with E-state index in [4.69, 9.17) is 10.9 Å². The average molecular weight is 187 g/mol. The highest BCUT2D eigenvalue weighted by atomic mass is 16.4. The third-order valence-electron chi connectivity index (χ3n) is 2.02. The number of hydrazine groups is 1. The molecule has 1 fully saturated rings. The zero-order chi connectivity index (χ0) is 9.84. The summed E-state index contributed by atoms with van der Waals surface area (Å²) in [4.78, 5) is 21.3. The van der Waals surface area contributed by atoms with Crippen molar-refractivity contribution in [3.63, 3.8) is 0 Å². The number of nitrogens with two attached hydrogens (primary N) is 1. The molecule has 0 saturated heterocycles. The minimum Gasteiger partial charge on any atom is -0.465 e. The van der Waals surface area contributed by atoms with Gasteiger partial charge in [0.2, 0.25) is 0 Å². The highest BCUT2D eigenvalue weighted by molar-refractivity contribution is 5.84. The van der Waals surface area contributed by atoms with E-state index in [1.165, 1.54) is 0 Å². The van der Waals surface area contributed by atoms with E-state index < -0.39 is 18.0 Å². The highest BCUT2D eigenvalue weighted by Gasteiger charge is 2.29. The molecule has 0 heterocycles. The molecule has 0 aromatic heterocycles. The van der Waals surface area contributed by atoms with E-state index in [-0.39, 0.29) is 0 Å². The summed E-state index contributed by atoms with van der Waals surface area (Å²) in [6.45, 7) is 0. The fraction of sp³-hybridized carbons (Fsp3) is 0.714. The molecule has 5 N–H and O–H groups in total. The molecule has 13 heavy (non-hydrogen) atoms. The maximum atomic E-state index is 11.0. The predicted octanol–water partition coefficient (Wildman–Crippen LogP) is -0.587. The lowest BCUT2D eigenvalue weighted by molar-refractivity contribution is -0.123. The number of nitrogens with one attached hydrogen (secondary N) is 2. The standard InChI is InChI=1S/C7H13N3O3/c8-10-6(11)5(9-7(12)13)3-4-1-2-4/h4-5,9H,1-3,8H2,(H,10,11)(H,12,13). The molecule has 74 valence electrons. The van der Waals surface area contributed by atoms with Crippen LogP contribution in [-0.2, 0) is 4.79 Å². The second-order valence-electron chi connectivity index (χ2n) is 3.19. The topological polar surface area (TPSA) is 104 Å². The van der Waals surface area contributed by atoms with Crippen molar-refractivity contribution < 1.29 is 14.7 Å². The second kappa shape index (κ2) is 4.08. The number of hydrogen-bond acceptors (Lipinski definition) is 3. The Bertz CT molecular complexity index is 215. The first kappa shape index (κ1) is 9.79. The summed E-state index contributed by atoms with van der Waals surface area (Å²) in [5, 5.41) is 10.6. The lowest BCUT2D eigenvalue weighted by Crippen LogP contribution is -2.48. The van der Waals surface area contributed by atoms with Crippen LogP contribution in [-0.4, -0.2) is 23.1 Å². The van der Waals surface area contributed by atoms with Gasteiger partial charge in [0.25, 0.3) is 5.91 Å². The molecule has 0 bridgehead atoms. The molecule has 0 aromatic carbocycles. The van der Waals surface area contributed by atoms with Gasteiger partial charge >= 0.3 is 6.09 Å². The number of carboxylic acid groups (broad SMARTS) is 1. The van der Waals surface area contributed by atoms with Crippen LogP contribution in [0, 0.1) is 5.92 Å². The zero-order valence-corrected chi connectivity index (χ0v) is 7.12. The minimum atomic E-state index is -1.20. The third kappa shape index (κ3) is 3.29. The van der Waals surface area contributed by atoms with E-state index >= 15 is 0 Å². The SMILES string of the molecule is NNC(=O)C(CC1CC1)NC(=O)O. The van der Waals surface area contributed by atoms with Gasteiger partial charge in [0, 0.05) is 0 Å². The molecular weight excluding hydrogens is 174 g/mol. The Hall–Kier alpha value is -1.30. The van der Waals surface area contributed by atoms with Gasteiger partial charge in [-0.3, -0.25) is 10.2 Å². The van der Waals surface area contributed by atoms with Crippen molar-refractivity contribution in [3.8, 4) is 0 Å². The summed E-state index contributed by atoms with van der Waals surface area (Å²) in [5.41, 5.74) is 1.94. The monoisotopic (exact) mass is 187 g/mol. The molecule has 1 atom stereocenters. The Morgan fingerprint density at radius 3 is 2.54 bits per heavy atom. The van der Waals surface area contributed by atoms with Crippen LogP contribution in [0.5, 0.6) is 0 Å². The number of carbonyl (C=O) groups excluding carboxylic acids is 1. The molecule has 1 unspecified atom stereocenters. The summed E-state index contributed by atoms with van der Waals surface area (Å²) in [6.07, 6.45) is 1.47. The molecule has 0 radical (unpaired) electrons. The Kier molecular flexibility index (Phi) is 3.07. The summed E-state index contributed by atoms with van der Waals surface area (Å²) in [6, 6.07) is -0.713. The quantitative estimate of drug-likeness (QED) is 0.268. The van der Waals surface area contributed by atoms with Crippen molar-refractivity contribution in [2.45, 2.75) is 25.3 Å². The summed E-state index contributed by atoms with van der Waals surface area (Å²) in [7, 11) is 0. The molecule has 1 aliphatic rings. The van der Waals surface area contributed by atoms with Crippen LogP contribution in [0.2, 0.25) is 0 Å². The molecule has 2 amide bonds. The van der Waals surface area contributed by atoms with E-state index in [1.807, 2.05) is 5.43 Å². The van der Waals surface area contributed by atoms with Gasteiger partial charge in [-0.1, -0.05) is 12.8 Å². The number of amides is 2. The van der Waals surface area contributed by atoms with Gasteiger partial charge in [-0.15, -0.1) is 0 Å². The van der Waals surface area contributed by atoms with E-state index in [9.17, 15) is 9.59 Å². The van der Waals surface area contributed by atoms with E-state index in [2.05, 4.69) is 5.32 Å². The summed E-state index contributed by atoms with van der Waals surface area (Å²) >= 11 is 0. The van der Waals surface area contributed by atoms with Crippen LogP contribution < -0.4 is 16.6 Å². The van der Waals surface area contributed by atoms with Crippen molar-refractivity contribution in [3.05, 3.63) is 0 Å². The van der Waals surface area contributed by atoms with Crippen molar-refractivity contribution in [1.29, 1.82) is 0 Å². The van der Waals surface area contributed by atoms with Gasteiger partial charge in [-0.2, -0.15) is 0 Å². The predicted molar refractivity (Wildman–Crippen MR) is 44.6 cm³/mol. The van der Waals surface area contributed by atoms with E-state index in [0.717, 1.165) is 12.8 Å². The summed E-state index contributed by atoms with van der Waals surface area (Å²) < 4.78 is 0. The highest BCUT2D eigenvalue weighted by Crippen LogP contribution is 2.33. The lowest BCUT2D eigenvalue weighted by atomic mass is 10.1. The second-order valence-corrected chi connectivity index (χ2v) is 3.19. The summed E-state index contributed by atoms with van der Waals surface area (Å²) in [5.74, 6) is 4.90. The molecule has 1 saturated carbocycles. The zero-order valence-electron chi connectivity index (χ0n) is 7.12. The first-order valence-corrected chi connectivity index (χ1v) is 4.13. The largest absolute Gasteiger partial charge is 0.465 e. The molecule has 0 aromatic rings. The van der Waals surface area contributed by atoms with Gasteiger partial charge in [0.1, 0.15) is 6.04 Å². The van der Waals surface area contributed by atoms with Gasteiger partial charge in [-0.25, -0.2) is 10.6 Å². The average Bonchev–Trinajstić information content (AvgIpc) is 2.85. The molecule has 6 heteroatoms. The van der Waals surface area contributed by atoms with Crippen LogP contribution in [0.3, 0.4) is 0 Å². The first-order chi connectivity index (χ1) is 6.13. The fourth-order valence-electron chi connectivity index (χ4n) is 1.17. The molecular formula is C7H13N3O3. The molecule has 1 rings (SSSR count). The molecule has 0 aliphatic heterocycles. The van der Waals surface area contributed by atoms with Crippen molar-refractivity contribution in [2.24, 2.45) is 11.8 Å². The smallest absolute Gasteiger partial charge is 0.405 e. The van der Waals surface area contributed by atoms with Crippen molar-refractivity contribution >= 4 is 12.0 Å². The maximum Gasteiger partial charge on any atom is 0.405 e. The van der Waals surface area contributed by atoms with E-state index in [1.54, 1.807) is 0 Å². The molecule has 1 aliphatic carbocycles. The number of carbonyl (C=O) groups is 2. The van der Waals surface area contributed by atoms with Gasteiger partial charge in [-0.05, 0) is 12.3 Å². The Labute approximate surface area is 75.5 Å². The van der Waals surface area contributed by atoms with Crippen LogP contribution in [0.1, 0.15) is 19.3 Å². The molecule has 6 nitrogen and oxygen atoms in total. The van der Waals surface area contributed by atoms with Gasteiger partial charge in [0.15, 0.2) is 0 Å². The van der Waals surface area contributed by atoms with E-state index in [0.29, 0.717) is 12.3 Å². The maximum absolute atomic E-state index is 11.0. The van der Waals surface area contributed by atoms with Crippen molar-refractivity contribution in [2.75, 3.05) is 0 Å². The minimum absolute atomic E-state index is 0.467. The first-order valence-electron chi connectivity index (χ1n) is 4.13.